The van der Waals surface area contributed by atoms with E-state index in [9.17, 15) is 9.59 Å². The van der Waals surface area contributed by atoms with E-state index in [0.29, 0.717) is 11.4 Å². The number of carbonyl (C=O) groups is 2. The number of nitrogens with two attached hydrogens (primary N) is 1. The molecule has 0 saturated heterocycles. The maximum atomic E-state index is 12.0. The second-order valence-corrected chi connectivity index (χ2v) is 6.71. The summed E-state index contributed by atoms with van der Waals surface area (Å²) in [6.07, 6.45) is 0.824. The van der Waals surface area contributed by atoms with Crippen molar-refractivity contribution in [2.24, 2.45) is 11.1 Å². The third kappa shape index (κ3) is 6.14. The quantitative estimate of drug-likeness (QED) is 0.778. The van der Waals surface area contributed by atoms with Crippen molar-refractivity contribution in [2.45, 2.75) is 39.7 Å². The van der Waals surface area contributed by atoms with Crippen LogP contribution in [0.1, 0.15) is 44.0 Å². The van der Waals surface area contributed by atoms with Gasteiger partial charge in [0.05, 0.1) is 11.3 Å². The van der Waals surface area contributed by atoms with E-state index in [1.54, 1.807) is 0 Å². The molecule has 1 amide bonds. The number of carboxylic acid groups (broad SMARTS) is 1. The summed E-state index contributed by atoms with van der Waals surface area (Å²) in [4.78, 5) is 23.1. The minimum absolute atomic E-state index is 0.00265. The van der Waals surface area contributed by atoms with E-state index in [-0.39, 0.29) is 35.0 Å². The summed E-state index contributed by atoms with van der Waals surface area (Å²) < 4.78 is 0. The molecule has 0 fully saturated rings. The lowest BCUT2D eigenvalue weighted by Gasteiger charge is -2.22. The molecule has 0 bridgehead atoms. The minimum Gasteiger partial charge on any atom is -0.478 e. The van der Waals surface area contributed by atoms with Crippen molar-refractivity contribution < 1.29 is 14.7 Å². The standard InChI is InChI=1S/C15H21ClN2O3/c1-15(2,3)8-10(17)7-13(19)18-12-6-9(16)4-5-11(12)14(20)21/h4-6,10H,7-8,17H2,1-3H3,(H,18,19)(H,20,21). The van der Waals surface area contributed by atoms with Crippen LogP contribution in [0.4, 0.5) is 5.69 Å². The molecule has 1 rings (SSSR count). The number of amides is 1. The number of carboxylic acids is 1. The van der Waals surface area contributed by atoms with Crippen molar-refractivity contribution in [3.63, 3.8) is 0 Å². The van der Waals surface area contributed by atoms with Gasteiger partial charge < -0.3 is 16.2 Å². The van der Waals surface area contributed by atoms with Crippen molar-refractivity contribution in [1.29, 1.82) is 0 Å². The molecule has 1 atom stereocenters. The molecule has 1 aromatic rings. The number of hydrogen-bond donors (Lipinski definition) is 3. The van der Waals surface area contributed by atoms with E-state index in [1.807, 2.05) is 20.8 Å². The third-order valence-electron chi connectivity index (χ3n) is 2.81. The van der Waals surface area contributed by atoms with Gasteiger partial charge in [-0.2, -0.15) is 0 Å². The molecule has 5 nitrogen and oxygen atoms in total. The number of hydrogen-bond acceptors (Lipinski definition) is 3. The van der Waals surface area contributed by atoms with E-state index in [2.05, 4.69) is 5.32 Å². The Morgan fingerprint density at radius 2 is 2.00 bits per heavy atom. The smallest absolute Gasteiger partial charge is 0.337 e. The molecular weight excluding hydrogens is 292 g/mol. The summed E-state index contributed by atoms with van der Waals surface area (Å²) in [5.74, 6) is -1.45. The zero-order chi connectivity index (χ0) is 16.2. The van der Waals surface area contributed by atoms with Gasteiger partial charge in [-0.05, 0) is 30.0 Å². The molecule has 1 aromatic carbocycles. The highest BCUT2D eigenvalue weighted by atomic mass is 35.5. The fraction of sp³-hybridized carbons (Fsp3) is 0.467. The molecule has 6 heteroatoms. The van der Waals surface area contributed by atoms with Crippen molar-refractivity contribution in [1.82, 2.24) is 0 Å². The van der Waals surface area contributed by atoms with Crippen LogP contribution in [0, 0.1) is 5.41 Å². The largest absolute Gasteiger partial charge is 0.478 e. The second-order valence-electron chi connectivity index (χ2n) is 6.27. The second kappa shape index (κ2) is 6.91. The Morgan fingerprint density at radius 1 is 1.38 bits per heavy atom. The molecule has 0 heterocycles. The van der Waals surface area contributed by atoms with Crippen LogP contribution in [0.5, 0.6) is 0 Å². The van der Waals surface area contributed by atoms with E-state index >= 15 is 0 Å². The first-order valence-corrected chi connectivity index (χ1v) is 7.04. The molecule has 1 unspecified atom stereocenters. The van der Waals surface area contributed by atoms with Gasteiger partial charge in [-0.3, -0.25) is 4.79 Å². The fourth-order valence-electron chi connectivity index (χ4n) is 2.10. The molecule has 0 radical (unpaired) electrons. The first-order valence-electron chi connectivity index (χ1n) is 6.67. The predicted octanol–water partition coefficient (Wildman–Crippen LogP) is 3.13. The third-order valence-corrected chi connectivity index (χ3v) is 3.04. The van der Waals surface area contributed by atoms with Crippen LogP contribution >= 0.6 is 11.6 Å². The number of benzene rings is 1. The number of anilines is 1. The van der Waals surface area contributed by atoms with Crippen LogP contribution in [0.2, 0.25) is 5.02 Å². The van der Waals surface area contributed by atoms with Gasteiger partial charge >= 0.3 is 5.97 Å². The molecule has 0 aliphatic heterocycles. The molecule has 0 saturated carbocycles. The molecule has 0 aliphatic rings. The zero-order valence-electron chi connectivity index (χ0n) is 12.4. The van der Waals surface area contributed by atoms with Gasteiger partial charge in [0.1, 0.15) is 0 Å². The Morgan fingerprint density at radius 3 is 2.52 bits per heavy atom. The van der Waals surface area contributed by atoms with Gasteiger partial charge in [0, 0.05) is 17.5 Å². The summed E-state index contributed by atoms with van der Waals surface area (Å²) in [6.45, 7) is 6.14. The summed E-state index contributed by atoms with van der Waals surface area (Å²) in [5, 5.41) is 12.0. The van der Waals surface area contributed by atoms with Crippen LogP contribution < -0.4 is 11.1 Å². The Labute approximate surface area is 129 Å². The lowest BCUT2D eigenvalue weighted by molar-refractivity contribution is -0.116. The summed E-state index contributed by atoms with van der Waals surface area (Å²) in [7, 11) is 0. The van der Waals surface area contributed by atoms with Gasteiger partial charge in [0.2, 0.25) is 5.91 Å². The van der Waals surface area contributed by atoms with Gasteiger partial charge in [0.15, 0.2) is 0 Å². The average Bonchev–Trinajstić information content (AvgIpc) is 2.24. The number of nitrogens with one attached hydrogen (secondary N) is 1. The topological polar surface area (TPSA) is 92.4 Å². The monoisotopic (exact) mass is 312 g/mol. The van der Waals surface area contributed by atoms with Crippen molar-refractivity contribution in [2.75, 3.05) is 5.32 Å². The van der Waals surface area contributed by atoms with Crippen molar-refractivity contribution >= 4 is 29.2 Å². The van der Waals surface area contributed by atoms with Gasteiger partial charge in [0.25, 0.3) is 0 Å². The number of rotatable bonds is 5. The Bertz CT molecular complexity index is 538. The molecule has 4 N–H and O–H groups in total. The zero-order valence-corrected chi connectivity index (χ0v) is 13.2. The van der Waals surface area contributed by atoms with Crippen LogP contribution in [0.15, 0.2) is 18.2 Å². The highest BCUT2D eigenvalue weighted by Gasteiger charge is 2.19. The minimum atomic E-state index is -1.12. The van der Waals surface area contributed by atoms with Gasteiger partial charge in [-0.15, -0.1) is 0 Å². The van der Waals surface area contributed by atoms with Crippen molar-refractivity contribution in [3.8, 4) is 0 Å². The van der Waals surface area contributed by atoms with E-state index in [4.69, 9.17) is 22.4 Å². The Hall–Kier alpha value is -1.59. The fourth-order valence-corrected chi connectivity index (χ4v) is 2.28. The Balaban J connectivity index is 2.75. The highest BCUT2D eigenvalue weighted by molar-refractivity contribution is 6.31. The normalized spacial score (nSPS) is 12.8. The molecule has 0 aromatic heterocycles. The van der Waals surface area contributed by atoms with Crippen molar-refractivity contribution in [3.05, 3.63) is 28.8 Å². The number of halogens is 1. The van der Waals surface area contributed by atoms with Crippen LogP contribution in [-0.2, 0) is 4.79 Å². The van der Waals surface area contributed by atoms with Gasteiger partial charge in [-0.1, -0.05) is 32.4 Å². The van der Waals surface area contributed by atoms with Gasteiger partial charge in [-0.25, -0.2) is 4.79 Å². The molecule has 21 heavy (non-hydrogen) atoms. The summed E-state index contributed by atoms with van der Waals surface area (Å²) in [5.41, 5.74) is 6.15. The molecule has 0 spiro atoms. The summed E-state index contributed by atoms with van der Waals surface area (Å²) >= 11 is 5.83. The number of carbonyl (C=O) groups excluding carboxylic acids is 1. The van der Waals surface area contributed by atoms with E-state index in [0.717, 1.165) is 0 Å². The number of aromatic carboxylic acids is 1. The lowest BCUT2D eigenvalue weighted by Crippen LogP contribution is -2.31. The molecule has 0 aliphatic carbocycles. The first-order chi connectivity index (χ1) is 9.58. The van der Waals surface area contributed by atoms with E-state index in [1.165, 1.54) is 18.2 Å². The maximum Gasteiger partial charge on any atom is 0.337 e. The molecule has 116 valence electrons. The summed E-state index contributed by atoms with van der Waals surface area (Å²) in [6, 6.07) is 3.96. The average molecular weight is 313 g/mol. The van der Waals surface area contributed by atoms with Crippen LogP contribution in [0.25, 0.3) is 0 Å². The van der Waals surface area contributed by atoms with Crippen LogP contribution in [0.3, 0.4) is 0 Å². The highest BCUT2D eigenvalue weighted by Crippen LogP contribution is 2.23. The maximum absolute atomic E-state index is 12.0. The lowest BCUT2D eigenvalue weighted by atomic mass is 9.87. The van der Waals surface area contributed by atoms with Crippen LogP contribution in [-0.4, -0.2) is 23.0 Å². The molecular formula is C15H21ClN2O3. The Kier molecular flexibility index (Phi) is 5.75. The SMILES string of the molecule is CC(C)(C)CC(N)CC(=O)Nc1cc(Cl)ccc1C(=O)O. The van der Waals surface area contributed by atoms with E-state index < -0.39 is 5.97 Å². The first kappa shape index (κ1) is 17.5. The predicted molar refractivity (Wildman–Crippen MR) is 83.7 cm³/mol.